The van der Waals surface area contributed by atoms with Crippen molar-refractivity contribution in [3.63, 3.8) is 0 Å². The highest BCUT2D eigenvalue weighted by Gasteiger charge is 1.97. The molecule has 0 aliphatic heterocycles. The molecule has 14 heavy (non-hydrogen) atoms. The van der Waals surface area contributed by atoms with Gasteiger partial charge in [0.2, 0.25) is 5.28 Å². The summed E-state index contributed by atoms with van der Waals surface area (Å²) < 4.78 is 0. The summed E-state index contributed by atoms with van der Waals surface area (Å²) in [6.45, 7) is 0. The quantitative estimate of drug-likeness (QED) is 0.759. The van der Waals surface area contributed by atoms with Crippen molar-refractivity contribution in [3.05, 3.63) is 36.1 Å². The molecule has 2 aromatic rings. The molecule has 0 amide bonds. The van der Waals surface area contributed by atoms with E-state index in [1.54, 1.807) is 24.5 Å². The Labute approximate surface area is 85.2 Å². The fraction of sp³-hybridized carbons (Fsp3) is 0. The van der Waals surface area contributed by atoms with Gasteiger partial charge in [-0.15, -0.1) is 0 Å². The number of aromatic nitrogens is 4. The summed E-state index contributed by atoms with van der Waals surface area (Å²) in [6, 6.07) is 3.43. The number of anilines is 2. The lowest BCUT2D eigenvalue weighted by molar-refractivity contribution is 1.13. The topological polar surface area (TPSA) is 63.6 Å². The Hall–Kier alpha value is -1.75. The van der Waals surface area contributed by atoms with Gasteiger partial charge in [0.25, 0.3) is 0 Å². The molecule has 70 valence electrons. The SMILES string of the molecule is Clc1nccc(Nc2ccncn2)n1. The molecule has 0 atom stereocenters. The van der Waals surface area contributed by atoms with Crippen LogP contribution in [0.25, 0.3) is 0 Å². The number of halogens is 1. The lowest BCUT2D eigenvalue weighted by atomic mass is 10.5. The monoisotopic (exact) mass is 207 g/mol. The van der Waals surface area contributed by atoms with E-state index < -0.39 is 0 Å². The zero-order valence-electron chi connectivity index (χ0n) is 7.05. The van der Waals surface area contributed by atoms with E-state index in [2.05, 4.69) is 25.3 Å². The van der Waals surface area contributed by atoms with Crippen molar-refractivity contribution < 1.29 is 0 Å². The van der Waals surface area contributed by atoms with Gasteiger partial charge in [-0.2, -0.15) is 0 Å². The Morgan fingerprint density at radius 1 is 1.07 bits per heavy atom. The largest absolute Gasteiger partial charge is 0.325 e. The number of hydrogen-bond donors (Lipinski definition) is 1. The van der Waals surface area contributed by atoms with Crippen LogP contribution in [0.2, 0.25) is 5.28 Å². The van der Waals surface area contributed by atoms with Crippen molar-refractivity contribution in [2.75, 3.05) is 5.32 Å². The molecular formula is C8H6ClN5. The van der Waals surface area contributed by atoms with Gasteiger partial charge in [-0.3, -0.25) is 0 Å². The molecule has 0 bridgehead atoms. The first kappa shape index (κ1) is 8.83. The summed E-state index contributed by atoms with van der Waals surface area (Å²) in [6.07, 6.45) is 4.65. The lowest BCUT2D eigenvalue weighted by Gasteiger charge is -2.02. The zero-order valence-corrected chi connectivity index (χ0v) is 7.81. The van der Waals surface area contributed by atoms with Crippen LogP contribution >= 0.6 is 11.6 Å². The average Bonchev–Trinajstić information content (AvgIpc) is 2.19. The van der Waals surface area contributed by atoms with Gasteiger partial charge in [0.05, 0.1) is 0 Å². The second-order valence-electron chi connectivity index (χ2n) is 2.43. The molecule has 6 heteroatoms. The van der Waals surface area contributed by atoms with E-state index in [0.29, 0.717) is 11.6 Å². The van der Waals surface area contributed by atoms with Crippen molar-refractivity contribution in [2.24, 2.45) is 0 Å². The van der Waals surface area contributed by atoms with Crippen LogP contribution in [0.5, 0.6) is 0 Å². The van der Waals surface area contributed by atoms with Crippen molar-refractivity contribution >= 4 is 23.2 Å². The predicted octanol–water partition coefficient (Wildman–Crippen LogP) is 1.66. The third-order valence-electron chi connectivity index (χ3n) is 1.46. The maximum absolute atomic E-state index is 5.62. The van der Waals surface area contributed by atoms with Crippen molar-refractivity contribution in [3.8, 4) is 0 Å². The van der Waals surface area contributed by atoms with Gasteiger partial charge in [-0.25, -0.2) is 19.9 Å². The van der Waals surface area contributed by atoms with Gasteiger partial charge >= 0.3 is 0 Å². The molecule has 1 N–H and O–H groups in total. The smallest absolute Gasteiger partial charge is 0.224 e. The normalized spacial score (nSPS) is 9.79. The maximum atomic E-state index is 5.62. The highest BCUT2D eigenvalue weighted by molar-refractivity contribution is 6.28. The summed E-state index contributed by atoms with van der Waals surface area (Å²) in [5, 5.41) is 3.16. The predicted molar refractivity (Wildman–Crippen MR) is 52.4 cm³/mol. The Kier molecular flexibility index (Phi) is 2.51. The molecule has 0 saturated heterocycles. The molecular weight excluding hydrogens is 202 g/mol. The summed E-state index contributed by atoms with van der Waals surface area (Å²) in [4.78, 5) is 15.5. The first-order valence-electron chi connectivity index (χ1n) is 3.86. The Morgan fingerprint density at radius 3 is 2.64 bits per heavy atom. The summed E-state index contributed by atoms with van der Waals surface area (Å²) in [7, 11) is 0. The molecule has 0 aliphatic carbocycles. The van der Waals surface area contributed by atoms with Crippen LogP contribution in [0.15, 0.2) is 30.9 Å². The molecule has 0 aromatic carbocycles. The lowest BCUT2D eigenvalue weighted by Crippen LogP contribution is -1.96. The summed E-state index contributed by atoms with van der Waals surface area (Å²) in [5.74, 6) is 1.26. The fourth-order valence-corrected chi connectivity index (χ4v) is 1.05. The third-order valence-corrected chi connectivity index (χ3v) is 1.65. The molecule has 0 fully saturated rings. The molecule has 2 heterocycles. The van der Waals surface area contributed by atoms with Gasteiger partial charge in [0, 0.05) is 12.4 Å². The number of nitrogens with one attached hydrogen (secondary N) is 1. The highest BCUT2D eigenvalue weighted by atomic mass is 35.5. The minimum absolute atomic E-state index is 0.198. The minimum Gasteiger partial charge on any atom is -0.325 e. The summed E-state index contributed by atoms with van der Waals surface area (Å²) in [5.41, 5.74) is 0. The van der Waals surface area contributed by atoms with Gasteiger partial charge in [-0.05, 0) is 23.7 Å². The van der Waals surface area contributed by atoms with Crippen LogP contribution < -0.4 is 5.32 Å². The Morgan fingerprint density at radius 2 is 1.93 bits per heavy atom. The highest BCUT2D eigenvalue weighted by Crippen LogP contribution is 2.11. The van der Waals surface area contributed by atoms with Crippen molar-refractivity contribution in [1.82, 2.24) is 19.9 Å². The molecule has 0 unspecified atom stereocenters. The van der Waals surface area contributed by atoms with Gasteiger partial charge in [-0.1, -0.05) is 0 Å². The molecule has 0 saturated carbocycles. The van der Waals surface area contributed by atoms with E-state index in [1.807, 2.05) is 0 Å². The van der Waals surface area contributed by atoms with E-state index in [0.717, 1.165) is 0 Å². The van der Waals surface area contributed by atoms with E-state index in [1.165, 1.54) is 6.33 Å². The Balaban J connectivity index is 2.19. The van der Waals surface area contributed by atoms with Gasteiger partial charge in [0.1, 0.15) is 18.0 Å². The maximum Gasteiger partial charge on any atom is 0.224 e. The molecule has 2 rings (SSSR count). The molecule has 0 spiro atoms. The Bertz CT molecular complexity index is 419. The van der Waals surface area contributed by atoms with Crippen LogP contribution in [-0.4, -0.2) is 19.9 Å². The average molecular weight is 208 g/mol. The standard InChI is InChI=1S/C8H6ClN5/c9-8-11-4-2-7(14-8)13-6-1-3-10-5-12-6/h1-5H,(H,10,11,12,13,14). The van der Waals surface area contributed by atoms with Gasteiger partial charge in [0.15, 0.2) is 0 Å². The second kappa shape index (κ2) is 3.97. The number of nitrogens with zero attached hydrogens (tertiary/aromatic N) is 4. The molecule has 2 aromatic heterocycles. The summed E-state index contributed by atoms with van der Waals surface area (Å²) >= 11 is 5.62. The van der Waals surface area contributed by atoms with Crippen LogP contribution in [0.4, 0.5) is 11.6 Å². The van der Waals surface area contributed by atoms with Gasteiger partial charge < -0.3 is 5.32 Å². The second-order valence-corrected chi connectivity index (χ2v) is 2.77. The number of hydrogen-bond acceptors (Lipinski definition) is 5. The molecule has 5 nitrogen and oxygen atoms in total. The first-order chi connectivity index (χ1) is 6.84. The first-order valence-corrected chi connectivity index (χ1v) is 4.24. The zero-order chi connectivity index (χ0) is 9.80. The number of rotatable bonds is 2. The third kappa shape index (κ3) is 2.14. The van der Waals surface area contributed by atoms with Crippen LogP contribution in [0, 0.1) is 0 Å². The van der Waals surface area contributed by atoms with Crippen LogP contribution in [0.1, 0.15) is 0 Å². The van der Waals surface area contributed by atoms with Crippen molar-refractivity contribution in [2.45, 2.75) is 0 Å². The van der Waals surface area contributed by atoms with Crippen molar-refractivity contribution in [1.29, 1.82) is 0 Å². The molecule has 0 aliphatic rings. The van der Waals surface area contributed by atoms with E-state index in [9.17, 15) is 0 Å². The molecule has 0 radical (unpaired) electrons. The van der Waals surface area contributed by atoms with E-state index in [-0.39, 0.29) is 5.28 Å². The van der Waals surface area contributed by atoms with E-state index in [4.69, 9.17) is 11.6 Å². The fourth-order valence-electron chi connectivity index (χ4n) is 0.900. The minimum atomic E-state index is 0.198. The van der Waals surface area contributed by atoms with Crippen LogP contribution in [0.3, 0.4) is 0 Å². The van der Waals surface area contributed by atoms with E-state index >= 15 is 0 Å². The van der Waals surface area contributed by atoms with Crippen LogP contribution in [-0.2, 0) is 0 Å².